The lowest BCUT2D eigenvalue weighted by Gasteiger charge is -2.21. The molecule has 1 unspecified atom stereocenters. The molecule has 1 atom stereocenters. The van der Waals surface area contributed by atoms with Crippen molar-refractivity contribution in [2.24, 2.45) is 0 Å². The highest BCUT2D eigenvalue weighted by atomic mass is 35.5. The fourth-order valence-electron chi connectivity index (χ4n) is 3.15. The van der Waals surface area contributed by atoms with E-state index in [-0.39, 0.29) is 18.6 Å². The van der Waals surface area contributed by atoms with Gasteiger partial charge in [-0.15, -0.1) is 0 Å². The summed E-state index contributed by atoms with van der Waals surface area (Å²) >= 11 is 6.27. The van der Waals surface area contributed by atoms with Crippen molar-refractivity contribution in [1.29, 1.82) is 0 Å². The number of carbonyl (C=O) groups excluding carboxylic acids is 1. The summed E-state index contributed by atoms with van der Waals surface area (Å²) in [6, 6.07) is 19.4. The summed E-state index contributed by atoms with van der Waals surface area (Å²) in [5.74, 6) is 2.21. The van der Waals surface area contributed by atoms with Gasteiger partial charge in [-0.3, -0.25) is 4.79 Å². The minimum atomic E-state index is -0.0755. The van der Waals surface area contributed by atoms with Crippen LogP contribution in [0.25, 0.3) is 11.3 Å². The molecule has 0 spiro atoms. The molecule has 5 nitrogen and oxygen atoms in total. The molecule has 0 fully saturated rings. The van der Waals surface area contributed by atoms with Gasteiger partial charge in [0.1, 0.15) is 17.3 Å². The highest BCUT2D eigenvalue weighted by molar-refractivity contribution is 6.33. The molecule has 1 amide bonds. The van der Waals surface area contributed by atoms with Crippen LogP contribution in [0.4, 0.5) is 0 Å². The van der Waals surface area contributed by atoms with Crippen molar-refractivity contribution < 1.29 is 13.9 Å². The highest BCUT2D eigenvalue weighted by Gasteiger charge is 2.16. The molecule has 6 heteroatoms. The van der Waals surface area contributed by atoms with Crippen molar-refractivity contribution in [3.05, 3.63) is 77.0 Å². The summed E-state index contributed by atoms with van der Waals surface area (Å²) in [5, 5.41) is 4.19. The Bertz CT molecular complexity index is 984. The first-order chi connectivity index (χ1) is 14.5. The molecule has 0 bridgehead atoms. The number of benzene rings is 2. The van der Waals surface area contributed by atoms with Crippen molar-refractivity contribution in [1.82, 2.24) is 10.2 Å². The maximum absolute atomic E-state index is 11.9. The first-order valence-electron chi connectivity index (χ1n) is 9.98. The predicted molar refractivity (Wildman–Crippen MR) is 120 cm³/mol. The standard InChI is InChI=1S/C24H27ClN2O3/c1-4-21(19-10-6-8-12-22(19)29-16-24(28)27(2)3)26-15-17-13-14-23(30-17)18-9-5-7-11-20(18)25/h5-14,21,26H,4,15-16H2,1-3H3. The van der Waals surface area contributed by atoms with Gasteiger partial charge in [0.05, 0.1) is 11.6 Å². The monoisotopic (exact) mass is 426 g/mol. The fourth-order valence-corrected chi connectivity index (χ4v) is 3.37. The van der Waals surface area contributed by atoms with Crippen LogP contribution in [0.15, 0.2) is 65.1 Å². The van der Waals surface area contributed by atoms with Crippen LogP contribution in [-0.4, -0.2) is 31.5 Å². The van der Waals surface area contributed by atoms with E-state index in [0.717, 1.165) is 29.1 Å². The van der Waals surface area contributed by atoms with E-state index in [9.17, 15) is 4.79 Å². The van der Waals surface area contributed by atoms with Crippen LogP contribution >= 0.6 is 11.6 Å². The van der Waals surface area contributed by atoms with Gasteiger partial charge in [0.15, 0.2) is 6.61 Å². The normalized spacial score (nSPS) is 11.9. The van der Waals surface area contributed by atoms with Crippen LogP contribution in [0, 0.1) is 0 Å². The fraction of sp³-hybridized carbons (Fsp3) is 0.292. The minimum absolute atomic E-state index is 0.0137. The Hall–Kier alpha value is -2.76. The van der Waals surface area contributed by atoms with Crippen LogP contribution in [0.5, 0.6) is 5.75 Å². The van der Waals surface area contributed by atoms with E-state index in [1.165, 1.54) is 4.90 Å². The predicted octanol–water partition coefficient (Wildman–Crippen LogP) is 5.31. The number of rotatable bonds is 9. The van der Waals surface area contributed by atoms with E-state index in [1.807, 2.05) is 60.7 Å². The molecule has 3 rings (SSSR count). The number of hydrogen-bond acceptors (Lipinski definition) is 4. The number of para-hydroxylation sites is 1. The Morgan fingerprint density at radius 1 is 1.10 bits per heavy atom. The quantitative estimate of drug-likeness (QED) is 0.504. The Labute approximate surface area is 182 Å². The van der Waals surface area contributed by atoms with Crippen LogP contribution in [0.2, 0.25) is 5.02 Å². The van der Waals surface area contributed by atoms with E-state index in [2.05, 4.69) is 12.2 Å². The van der Waals surface area contributed by atoms with Crippen LogP contribution in [0.1, 0.15) is 30.7 Å². The van der Waals surface area contributed by atoms with E-state index in [0.29, 0.717) is 17.3 Å². The van der Waals surface area contributed by atoms with E-state index < -0.39 is 0 Å². The van der Waals surface area contributed by atoms with Gasteiger partial charge in [-0.05, 0) is 36.8 Å². The lowest BCUT2D eigenvalue weighted by Crippen LogP contribution is -2.28. The number of halogens is 1. The summed E-state index contributed by atoms with van der Waals surface area (Å²) < 4.78 is 11.8. The second-order valence-corrected chi connectivity index (χ2v) is 7.61. The molecule has 1 heterocycles. The number of hydrogen-bond donors (Lipinski definition) is 1. The van der Waals surface area contributed by atoms with Gasteiger partial charge < -0.3 is 19.4 Å². The molecule has 1 N–H and O–H groups in total. The molecular formula is C24H27ClN2O3. The smallest absolute Gasteiger partial charge is 0.259 e. The van der Waals surface area contributed by atoms with Gasteiger partial charge in [0.25, 0.3) is 5.91 Å². The molecule has 3 aromatic rings. The Kier molecular flexibility index (Phi) is 7.55. The Morgan fingerprint density at radius 2 is 1.83 bits per heavy atom. The lowest BCUT2D eigenvalue weighted by molar-refractivity contribution is -0.130. The maximum Gasteiger partial charge on any atom is 0.259 e. The molecule has 158 valence electrons. The molecule has 2 aromatic carbocycles. The Balaban J connectivity index is 1.68. The zero-order valence-corrected chi connectivity index (χ0v) is 18.3. The molecule has 0 saturated carbocycles. The van der Waals surface area contributed by atoms with Crippen molar-refractivity contribution in [2.75, 3.05) is 20.7 Å². The van der Waals surface area contributed by atoms with Gasteiger partial charge >= 0.3 is 0 Å². The number of nitrogens with zero attached hydrogens (tertiary/aromatic N) is 1. The van der Waals surface area contributed by atoms with Crippen LogP contribution in [0.3, 0.4) is 0 Å². The Morgan fingerprint density at radius 3 is 2.57 bits per heavy atom. The second kappa shape index (κ2) is 10.3. The molecular weight excluding hydrogens is 400 g/mol. The largest absolute Gasteiger partial charge is 0.483 e. The average molecular weight is 427 g/mol. The SMILES string of the molecule is CCC(NCc1ccc(-c2ccccc2Cl)o1)c1ccccc1OCC(=O)N(C)C. The molecule has 0 aliphatic heterocycles. The van der Waals surface area contributed by atoms with Gasteiger partial charge in [-0.25, -0.2) is 0 Å². The third-order valence-corrected chi connectivity index (χ3v) is 5.21. The topological polar surface area (TPSA) is 54.7 Å². The van der Waals surface area contributed by atoms with E-state index in [1.54, 1.807) is 14.1 Å². The molecule has 30 heavy (non-hydrogen) atoms. The third-order valence-electron chi connectivity index (χ3n) is 4.88. The highest BCUT2D eigenvalue weighted by Crippen LogP contribution is 2.30. The number of carbonyl (C=O) groups is 1. The van der Waals surface area contributed by atoms with Gasteiger partial charge in [0.2, 0.25) is 0 Å². The molecule has 0 aliphatic rings. The van der Waals surface area contributed by atoms with Crippen molar-refractivity contribution in [3.63, 3.8) is 0 Å². The van der Waals surface area contributed by atoms with Gasteiger partial charge in [-0.1, -0.05) is 48.9 Å². The molecule has 1 aromatic heterocycles. The molecule has 0 saturated heterocycles. The summed E-state index contributed by atoms with van der Waals surface area (Å²) in [6.07, 6.45) is 0.861. The number of ether oxygens (including phenoxy) is 1. The molecule has 0 radical (unpaired) electrons. The zero-order chi connectivity index (χ0) is 21.5. The van der Waals surface area contributed by atoms with Gasteiger partial charge in [0, 0.05) is 31.3 Å². The molecule has 0 aliphatic carbocycles. The maximum atomic E-state index is 11.9. The summed E-state index contributed by atoms with van der Waals surface area (Å²) in [6.45, 7) is 2.68. The summed E-state index contributed by atoms with van der Waals surface area (Å²) in [7, 11) is 3.43. The van der Waals surface area contributed by atoms with Crippen molar-refractivity contribution >= 4 is 17.5 Å². The number of nitrogens with one attached hydrogen (secondary N) is 1. The van der Waals surface area contributed by atoms with Crippen molar-refractivity contribution in [3.8, 4) is 17.1 Å². The summed E-state index contributed by atoms with van der Waals surface area (Å²) in [4.78, 5) is 13.4. The van der Waals surface area contributed by atoms with E-state index >= 15 is 0 Å². The lowest BCUT2D eigenvalue weighted by atomic mass is 10.0. The average Bonchev–Trinajstić information content (AvgIpc) is 3.22. The van der Waals surface area contributed by atoms with Crippen LogP contribution < -0.4 is 10.1 Å². The zero-order valence-electron chi connectivity index (χ0n) is 17.5. The minimum Gasteiger partial charge on any atom is -0.483 e. The number of furan rings is 1. The summed E-state index contributed by atoms with van der Waals surface area (Å²) in [5.41, 5.74) is 1.89. The number of amides is 1. The van der Waals surface area contributed by atoms with Gasteiger partial charge in [-0.2, -0.15) is 0 Å². The second-order valence-electron chi connectivity index (χ2n) is 7.20. The van der Waals surface area contributed by atoms with Crippen molar-refractivity contribution in [2.45, 2.75) is 25.9 Å². The third kappa shape index (κ3) is 5.43. The van der Waals surface area contributed by atoms with E-state index in [4.69, 9.17) is 20.8 Å². The van der Waals surface area contributed by atoms with Crippen LogP contribution in [-0.2, 0) is 11.3 Å². The number of likely N-dealkylation sites (N-methyl/N-ethyl adjacent to an activating group) is 1. The first kappa shape index (κ1) is 21.9. The first-order valence-corrected chi connectivity index (χ1v) is 10.4.